The summed E-state index contributed by atoms with van der Waals surface area (Å²) in [6.07, 6.45) is 1.04. The molecule has 0 fully saturated rings. The van der Waals surface area contributed by atoms with E-state index in [1.165, 1.54) is 0 Å². The fourth-order valence-electron chi connectivity index (χ4n) is 2.57. The molecule has 2 aromatic carbocycles. The van der Waals surface area contributed by atoms with E-state index in [-0.39, 0.29) is 18.0 Å². The molecule has 1 aliphatic heterocycles. The van der Waals surface area contributed by atoms with Gasteiger partial charge in [-0.2, -0.15) is 0 Å². The predicted octanol–water partition coefficient (Wildman–Crippen LogP) is 5.25. The van der Waals surface area contributed by atoms with E-state index in [1.807, 2.05) is 49.4 Å². The molecule has 2 aromatic rings. The Hall–Kier alpha value is -1.85. The monoisotopic (exact) mass is 378 g/mol. The molecule has 1 unspecified atom stereocenters. The highest BCUT2D eigenvalue weighted by Gasteiger charge is 2.20. The van der Waals surface area contributed by atoms with Gasteiger partial charge in [0.25, 0.3) is 0 Å². The SMILES string of the molecule is CCOC(=O)CCC(Sc1ccc(Cl)cc1)c1ccc2c(c1)OCO2. The van der Waals surface area contributed by atoms with E-state index >= 15 is 0 Å². The maximum atomic E-state index is 11.8. The number of rotatable bonds is 7. The molecule has 25 heavy (non-hydrogen) atoms. The average molecular weight is 379 g/mol. The summed E-state index contributed by atoms with van der Waals surface area (Å²) in [5, 5.41) is 0.801. The molecule has 4 nitrogen and oxygen atoms in total. The Morgan fingerprint density at radius 3 is 2.72 bits per heavy atom. The van der Waals surface area contributed by atoms with Crippen LogP contribution in [0.2, 0.25) is 5.02 Å². The number of esters is 1. The summed E-state index contributed by atoms with van der Waals surface area (Å²) in [6.45, 7) is 2.46. The van der Waals surface area contributed by atoms with Gasteiger partial charge in [0, 0.05) is 21.6 Å². The molecular formula is C19H19ClO4S. The summed E-state index contributed by atoms with van der Waals surface area (Å²) < 4.78 is 15.9. The van der Waals surface area contributed by atoms with Crippen LogP contribution >= 0.6 is 23.4 Å². The third-order valence-electron chi connectivity index (χ3n) is 3.78. The molecule has 3 rings (SSSR count). The minimum Gasteiger partial charge on any atom is -0.466 e. The number of halogens is 1. The molecule has 0 radical (unpaired) electrons. The standard InChI is InChI=1S/C19H19ClO4S/c1-2-22-19(21)10-9-18(25-15-6-4-14(20)5-7-15)13-3-8-16-17(11-13)24-12-23-16/h3-8,11,18H,2,9-10,12H2,1H3. The van der Waals surface area contributed by atoms with Gasteiger partial charge in [0.1, 0.15) is 0 Å². The Bertz CT molecular complexity index is 733. The van der Waals surface area contributed by atoms with Crippen LogP contribution in [0.3, 0.4) is 0 Å². The lowest BCUT2D eigenvalue weighted by atomic mass is 10.1. The lowest BCUT2D eigenvalue weighted by Gasteiger charge is -2.17. The molecule has 0 saturated carbocycles. The van der Waals surface area contributed by atoms with E-state index in [9.17, 15) is 4.79 Å². The zero-order valence-corrected chi connectivity index (χ0v) is 15.4. The zero-order chi connectivity index (χ0) is 17.6. The van der Waals surface area contributed by atoms with E-state index < -0.39 is 0 Å². The van der Waals surface area contributed by atoms with Gasteiger partial charge in [-0.3, -0.25) is 4.79 Å². The number of benzene rings is 2. The van der Waals surface area contributed by atoms with Crippen molar-refractivity contribution in [1.29, 1.82) is 0 Å². The fraction of sp³-hybridized carbons (Fsp3) is 0.316. The number of hydrogen-bond acceptors (Lipinski definition) is 5. The number of hydrogen-bond donors (Lipinski definition) is 0. The van der Waals surface area contributed by atoms with Crippen LogP contribution in [0, 0.1) is 0 Å². The molecule has 0 aromatic heterocycles. The summed E-state index contributed by atoms with van der Waals surface area (Å²) in [6, 6.07) is 13.6. The second-order valence-corrected chi connectivity index (χ2v) is 7.23. The largest absolute Gasteiger partial charge is 0.466 e. The molecule has 0 bridgehead atoms. The Morgan fingerprint density at radius 1 is 1.20 bits per heavy atom. The minimum absolute atomic E-state index is 0.0973. The number of fused-ring (bicyclic) bond motifs is 1. The third-order valence-corrected chi connectivity index (χ3v) is 5.37. The van der Waals surface area contributed by atoms with Crippen molar-refractivity contribution in [2.75, 3.05) is 13.4 Å². The molecule has 1 heterocycles. The van der Waals surface area contributed by atoms with Gasteiger partial charge in [-0.05, 0) is 55.3 Å². The highest BCUT2D eigenvalue weighted by atomic mass is 35.5. The van der Waals surface area contributed by atoms with Gasteiger partial charge < -0.3 is 14.2 Å². The molecule has 6 heteroatoms. The molecule has 0 aliphatic carbocycles. The molecule has 132 valence electrons. The van der Waals surface area contributed by atoms with E-state index in [0.717, 1.165) is 22.0 Å². The molecule has 0 spiro atoms. The molecule has 1 aliphatic rings. The number of carbonyl (C=O) groups excluding carboxylic acids is 1. The van der Waals surface area contributed by atoms with E-state index in [0.29, 0.717) is 24.5 Å². The van der Waals surface area contributed by atoms with E-state index in [4.69, 9.17) is 25.8 Å². The van der Waals surface area contributed by atoms with Crippen LogP contribution in [0.5, 0.6) is 11.5 Å². The van der Waals surface area contributed by atoms with Gasteiger partial charge in [-0.1, -0.05) is 17.7 Å². The lowest BCUT2D eigenvalue weighted by molar-refractivity contribution is -0.143. The summed E-state index contributed by atoms with van der Waals surface area (Å²) in [5.41, 5.74) is 1.09. The number of ether oxygens (including phenoxy) is 3. The fourth-order valence-corrected chi connectivity index (χ4v) is 3.83. The van der Waals surface area contributed by atoms with Crippen molar-refractivity contribution >= 4 is 29.3 Å². The smallest absolute Gasteiger partial charge is 0.305 e. The Morgan fingerprint density at radius 2 is 1.96 bits per heavy atom. The molecule has 1 atom stereocenters. The molecule has 0 saturated heterocycles. The van der Waals surface area contributed by atoms with Crippen LogP contribution in [0.1, 0.15) is 30.6 Å². The van der Waals surface area contributed by atoms with Crippen LogP contribution in [-0.4, -0.2) is 19.4 Å². The average Bonchev–Trinajstić information content (AvgIpc) is 3.08. The van der Waals surface area contributed by atoms with Gasteiger partial charge in [0.05, 0.1) is 6.61 Å². The number of carbonyl (C=O) groups is 1. The van der Waals surface area contributed by atoms with Crippen LogP contribution in [0.15, 0.2) is 47.4 Å². The van der Waals surface area contributed by atoms with E-state index in [2.05, 4.69) is 0 Å². The van der Waals surface area contributed by atoms with Crippen LogP contribution in [0.25, 0.3) is 0 Å². The lowest BCUT2D eigenvalue weighted by Crippen LogP contribution is -2.06. The van der Waals surface area contributed by atoms with Gasteiger partial charge in [0.2, 0.25) is 6.79 Å². The third kappa shape index (κ3) is 4.83. The Balaban J connectivity index is 1.77. The number of thioether (sulfide) groups is 1. The Kier molecular flexibility index (Phi) is 6.10. The van der Waals surface area contributed by atoms with Crippen molar-refractivity contribution in [1.82, 2.24) is 0 Å². The van der Waals surface area contributed by atoms with Crippen LogP contribution < -0.4 is 9.47 Å². The minimum atomic E-state index is -0.176. The summed E-state index contributed by atoms with van der Waals surface area (Å²) in [7, 11) is 0. The first-order valence-corrected chi connectivity index (χ1v) is 9.39. The second kappa shape index (κ2) is 8.50. The predicted molar refractivity (Wildman–Crippen MR) is 98.5 cm³/mol. The van der Waals surface area contributed by atoms with Gasteiger partial charge in [0.15, 0.2) is 11.5 Å². The van der Waals surface area contributed by atoms with Gasteiger partial charge in [-0.15, -0.1) is 11.8 Å². The summed E-state index contributed by atoms with van der Waals surface area (Å²) in [5.74, 6) is 1.32. The first-order valence-electron chi connectivity index (χ1n) is 8.13. The first kappa shape index (κ1) is 18.0. The quantitative estimate of drug-likeness (QED) is 0.486. The molecule has 0 amide bonds. The summed E-state index contributed by atoms with van der Waals surface area (Å²) >= 11 is 7.66. The van der Waals surface area contributed by atoms with Crippen molar-refractivity contribution in [2.24, 2.45) is 0 Å². The van der Waals surface area contributed by atoms with Crippen molar-refractivity contribution < 1.29 is 19.0 Å². The van der Waals surface area contributed by atoms with Crippen molar-refractivity contribution in [3.05, 3.63) is 53.1 Å². The van der Waals surface area contributed by atoms with Gasteiger partial charge in [-0.25, -0.2) is 0 Å². The highest BCUT2D eigenvalue weighted by Crippen LogP contribution is 2.42. The topological polar surface area (TPSA) is 44.8 Å². The Labute approximate surface area is 156 Å². The summed E-state index contributed by atoms with van der Waals surface area (Å²) in [4.78, 5) is 12.9. The zero-order valence-electron chi connectivity index (χ0n) is 13.9. The molecule has 0 N–H and O–H groups in total. The van der Waals surface area contributed by atoms with Crippen molar-refractivity contribution in [2.45, 2.75) is 29.9 Å². The van der Waals surface area contributed by atoms with Gasteiger partial charge >= 0.3 is 5.97 Å². The van der Waals surface area contributed by atoms with Crippen molar-refractivity contribution in [3.8, 4) is 11.5 Å². The highest BCUT2D eigenvalue weighted by molar-refractivity contribution is 7.99. The maximum absolute atomic E-state index is 11.8. The maximum Gasteiger partial charge on any atom is 0.305 e. The van der Waals surface area contributed by atoms with Crippen LogP contribution in [0.4, 0.5) is 0 Å². The first-order chi connectivity index (χ1) is 12.2. The van der Waals surface area contributed by atoms with E-state index in [1.54, 1.807) is 11.8 Å². The normalized spacial score (nSPS) is 13.5. The van der Waals surface area contributed by atoms with Crippen molar-refractivity contribution in [3.63, 3.8) is 0 Å². The van der Waals surface area contributed by atoms with Crippen LogP contribution in [-0.2, 0) is 9.53 Å². The molecular weight excluding hydrogens is 360 g/mol. The second-order valence-electron chi connectivity index (χ2n) is 5.52.